The van der Waals surface area contributed by atoms with Crippen LogP contribution in [0, 0.1) is 0 Å². The Hall–Kier alpha value is -0.870. The molecule has 2 N–H and O–H groups in total. The van der Waals surface area contributed by atoms with Gasteiger partial charge in [-0.2, -0.15) is 0 Å². The van der Waals surface area contributed by atoms with Crippen molar-refractivity contribution in [3.8, 4) is 0 Å². The maximum atomic E-state index is 12.2. The number of halogens is 1. The van der Waals surface area contributed by atoms with Crippen molar-refractivity contribution in [2.45, 2.75) is 44.7 Å². The molecule has 2 atom stereocenters. The molecule has 1 heterocycles. The third-order valence-corrected chi connectivity index (χ3v) is 4.15. The van der Waals surface area contributed by atoms with Crippen molar-refractivity contribution in [2.24, 2.45) is 0 Å². The first-order chi connectivity index (χ1) is 9.20. The zero-order chi connectivity index (χ0) is 13.7. The van der Waals surface area contributed by atoms with Gasteiger partial charge in [0.25, 0.3) is 0 Å². The quantitative estimate of drug-likeness (QED) is 0.893. The van der Waals surface area contributed by atoms with Crippen molar-refractivity contribution in [3.63, 3.8) is 0 Å². The molecule has 1 fully saturated rings. The summed E-state index contributed by atoms with van der Waals surface area (Å²) >= 11 is 3.43. The maximum Gasteiger partial charge on any atom is 0.237 e. The van der Waals surface area contributed by atoms with Crippen LogP contribution in [0.3, 0.4) is 0 Å². The zero-order valence-corrected chi connectivity index (χ0v) is 12.9. The van der Waals surface area contributed by atoms with E-state index in [2.05, 4.69) is 45.6 Å². The molecule has 1 aliphatic heterocycles. The fourth-order valence-corrected chi connectivity index (χ4v) is 2.73. The van der Waals surface area contributed by atoms with E-state index in [4.69, 9.17) is 0 Å². The highest BCUT2D eigenvalue weighted by Gasteiger charge is 2.22. The molecule has 1 aliphatic rings. The summed E-state index contributed by atoms with van der Waals surface area (Å²) in [5, 5.41) is 6.44. The number of carbonyl (C=O) groups excluding carboxylic acids is 1. The average Bonchev–Trinajstić information content (AvgIpc) is 2.46. The van der Waals surface area contributed by atoms with Gasteiger partial charge in [0.05, 0.1) is 12.1 Å². The minimum atomic E-state index is -0.0155. The highest BCUT2D eigenvalue weighted by molar-refractivity contribution is 9.10. The lowest BCUT2D eigenvalue weighted by atomic mass is 10.0. The topological polar surface area (TPSA) is 41.1 Å². The van der Waals surface area contributed by atoms with Crippen LogP contribution in [-0.4, -0.2) is 18.5 Å². The summed E-state index contributed by atoms with van der Waals surface area (Å²) in [4.78, 5) is 12.2. The molecule has 0 bridgehead atoms. The van der Waals surface area contributed by atoms with Crippen LogP contribution in [0.2, 0.25) is 0 Å². The highest BCUT2D eigenvalue weighted by atomic mass is 79.9. The fourth-order valence-electron chi connectivity index (χ4n) is 2.46. The van der Waals surface area contributed by atoms with E-state index in [-0.39, 0.29) is 18.0 Å². The van der Waals surface area contributed by atoms with Gasteiger partial charge in [0.1, 0.15) is 0 Å². The van der Waals surface area contributed by atoms with Crippen LogP contribution in [0.5, 0.6) is 0 Å². The Bertz CT molecular complexity index is 413. The molecule has 0 spiro atoms. The Morgan fingerprint density at radius 1 is 1.42 bits per heavy atom. The monoisotopic (exact) mass is 324 g/mol. The van der Waals surface area contributed by atoms with E-state index < -0.39 is 0 Å². The van der Waals surface area contributed by atoms with Crippen molar-refractivity contribution in [2.75, 3.05) is 6.54 Å². The Morgan fingerprint density at radius 3 is 2.74 bits per heavy atom. The first-order valence-corrected chi connectivity index (χ1v) is 7.79. The molecule has 4 heteroatoms. The number of nitrogens with one attached hydrogen (secondary N) is 2. The van der Waals surface area contributed by atoms with Crippen molar-refractivity contribution in [3.05, 3.63) is 34.3 Å². The van der Waals surface area contributed by atoms with Crippen LogP contribution in [0.15, 0.2) is 28.7 Å². The third-order valence-electron chi connectivity index (χ3n) is 3.62. The number of piperidine rings is 1. The van der Waals surface area contributed by atoms with Crippen molar-refractivity contribution >= 4 is 21.8 Å². The minimum absolute atomic E-state index is 0.0155. The molecule has 3 nitrogen and oxygen atoms in total. The number of amides is 1. The average molecular weight is 325 g/mol. The Kier molecular flexibility index (Phi) is 5.40. The molecule has 19 heavy (non-hydrogen) atoms. The van der Waals surface area contributed by atoms with Gasteiger partial charge in [-0.1, -0.05) is 41.4 Å². The fraction of sp³-hybridized carbons (Fsp3) is 0.533. The first-order valence-electron chi connectivity index (χ1n) is 7.00. The number of rotatable bonds is 4. The molecular formula is C15H21BrN2O. The van der Waals surface area contributed by atoms with Gasteiger partial charge in [0.15, 0.2) is 0 Å². The summed E-state index contributed by atoms with van der Waals surface area (Å²) < 4.78 is 1.06. The molecule has 0 saturated carbocycles. The number of hydrogen-bond donors (Lipinski definition) is 2. The standard InChI is InChI=1S/C15H21BrN2O/c1-2-13(11-6-8-12(16)9-7-11)18-15(19)14-5-3-4-10-17-14/h6-9,13-14,17H,2-5,10H2,1H3,(H,18,19). The summed E-state index contributed by atoms with van der Waals surface area (Å²) in [5.74, 6) is 0.134. The predicted molar refractivity (Wildman–Crippen MR) is 81.0 cm³/mol. The second-order valence-electron chi connectivity index (χ2n) is 5.02. The Morgan fingerprint density at radius 2 is 2.16 bits per heavy atom. The predicted octanol–water partition coefficient (Wildman–Crippen LogP) is 3.16. The largest absolute Gasteiger partial charge is 0.348 e. The van der Waals surface area contributed by atoms with Gasteiger partial charge >= 0.3 is 0 Å². The summed E-state index contributed by atoms with van der Waals surface area (Å²) in [5.41, 5.74) is 1.16. The number of hydrogen-bond acceptors (Lipinski definition) is 2. The van der Waals surface area contributed by atoms with Gasteiger partial charge in [-0.3, -0.25) is 4.79 Å². The molecule has 2 rings (SSSR count). The van der Waals surface area contributed by atoms with Gasteiger partial charge < -0.3 is 10.6 Å². The molecule has 104 valence electrons. The number of carbonyl (C=O) groups is 1. The smallest absolute Gasteiger partial charge is 0.237 e. The van der Waals surface area contributed by atoms with Crippen LogP contribution >= 0.6 is 15.9 Å². The summed E-state index contributed by atoms with van der Waals surface area (Å²) in [6.07, 6.45) is 4.16. The van der Waals surface area contributed by atoms with Crippen LogP contribution < -0.4 is 10.6 Å². The van der Waals surface area contributed by atoms with E-state index in [1.54, 1.807) is 0 Å². The normalized spacial score (nSPS) is 20.8. The van der Waals surface area contributed by atoms with E-state index in [1.165, 1.54) is 6.42 Å². The lowest BCUT2D eigenvalue weighted by Gasteiger charge is -2.25. The molecule has 1 aromatic carbocycles. The van der Waals surface area contributed by atoms with Gasteiger partial charge in [0, 0.05) is 4.47 Å². The Balaban J connectivity index is 1.98. The summed E-state index contributed by atoms with van der Waals surface area (Å²) in [6.45, 7) is 3.05. The first kappa shape index (κ1) is 14.5. The molecule has 2 unspecified atom stereocenters. The van der Waals surface area contributed by atoms with E-state index in [9.17, 15) is 4.79 Å². The van der Waals surface area contributed by atoms with Crippen molar-refractivity contribution in [1.82, 2.24) is 10.6 Å². The third kappa shape index (κ3) is 4.05. The second kappa shape index (κ2) is 7.06. The van der Waals surface area contributed by atoms with E-state index in [1.807, 2.05) is 12.1 Å². The van der Waals surface area contributed by atoms with Crippen LogP contribution in [0.25, 0.3) is 0 Å². The molecule has 0 aliphatic carbocycles. The molecule has 0 radical (unpaired) electrons. The number of benzene rings is 1. The second-order valence-corrected chi connectivity index (χ2v) is 5.94. The SMILES string of the molecule is CCC(NC(=O)C1CCCCN1)c1ccc(Br)cc1. The van der Waals surface area contributed by atoms with Crippen molar-refractivity contribution < 1.29 is 4.79 Å². The maximum absolute atomic E-state index is 12.2. The molecule has 0 aromatic heterocycles. The van der Waals surface area contributed by atoms with Crippen molar-refractivity contribution in [1.29, 1.82) is 0 Å². The minimum Gasteiger partial charge on any atom is -0.348 e. The van der Waals surface area contributed by atoms with Gasteiger partial charge in [0.2, 0.25) is 5.91 Å². The molecule has 1 amide bonds. The summed E-state index contributed by atoms with van der Waals surface area (Å²) in [6, 6.07) is 8.24. The summed E-state index contributed by atoms with van der Waals surface area (Å²) in [7, 11) is 0. The van der Waals surface area contributed by atoms with E-state index in [0.717, 1.165) is 35.8 Å². The molecule has 1 saturated heterocycles. The van der Waals surface area contributed by atoms with Gasteiger partial charge in [-0.15, -0.1) is 0 Å². The van der Waals surface area contributed by atoms with Crippen LogP contribution in [0.4, 0.5) is 0 Å². The highest BCUT2D eigenvalue weighted by Crippen LogP contribution is 2.20. The van der Waals surface area contributed by atoms with E-state index in [0.29, 0.717) is 0 Å². The lowest BCUT2D eigenvalue weighted by Crippen LogP contribution is -2.47. The van der Waals surface area contributed by atoms with E-state index >= 15 is 0 Å². The molecule has 1 aromatic rings. The zero-order valence-electron chi connectivity index (χ0n) is 11.3. The van der Waals surface area contributed by atoms with Gasteiger partial charge in [-0.05, 0) is 43.5 Å². The lowest BCUT2D eigenvalue weighted by molar-refractivity contribution is -0.124. The Labute approximate surface area is 123 Å². The van der Waals surface area contributed by atoms with Crippen LogP contribution in [0.1, 0.15) is 44.2 Å². The molecular weight excluding hydrogens is 304 g/mol. The van der Waals surface area contributed by atoms with Gasteiger partial charge in [-0.25, -0.2) is 0 Å². The van der Waals surface area contributed by atoms with Crippen LogP contribution in [-0.2, 0) is 4.79 Å².